The Bertz CT molecular complexity index is 637. The van der Waals surface area contributed by atoms with Crippen molar-refractivity contribution in [2.24, 2.45) is 0 Å². The van der Waals surface area contributed by atoms with Gasteiger partial charge < -0.3 is 0 Å². The van der Waals surface area contributed by atoms with Crippen molar-refractivity contribution in [3.05, 3.63) is 29.8 Å². The van der Waals surface area contributed by atoms with Gasteiger partial charge in [-0.2, -0.15) is 4.31 Å². The van der Waals surface area contributed by atoms with Gasteiger partial charge in [0.1, 0.15) is 0 Å². The summed E-state index contributed by atoms with van der Waals surface area (Å²) >= 11 is 0. The molecule has 0 radical (unpaired) electrons. The molecule has 0 amide bonds. The highest BCUT2D eigenvalue weighted by Gasteiger charge is 2.26. The number of nitrogens with zero attached hydrogens (tertiary/aromatic N) is 2. The molecule has 0 aliphatic carbocycles. The zero-order valence-electron chi connectivity index (χ0n) is 13.5. The van der Waals surface area contributed by atoms with E-state index >= 15 is 0 Å². The minimum Gasteiger partial charge on any atom is -0.290 e. The zero-order valence-corrected chi connectivity index (χ0v) is 14.3. The SMILES string of the molecule is CC(C)(C)/[N+](O)=C/c1ccc(S(=O)(=O)N2CCCCC2)cc1. The highest BCUT2D eigenvalue weighted by atomic mass is 32.2. The zero-order chi connectivity index (χ0) is 16.4. The molecule has 1 heterocycles. The summed E-state index contributed by atoms with van der Waals surface area (Å²) in [6, 6.07) is 6.64. The highest BCUT2D eigenvalue weighted by molar-refractivity contribution is 7.89. The van der Waals surface area contributed by atoms with Gasteiger partial charge in [0.15, 0.2) is 0 Å². The molecule has 1 N–H and O–H groups in total. The highest BCUT2D eigenvalue weighted by Crippen LogP contribution is 2.20. The fraction of sp³-hybridized carbons (Fsp3) is 0.562. The van der Waals surface area contributed by atoms with Gasteiger partial charge in [-0.3, -0.25) is 5.21 Å². The lowest BCUT2D eigenvalue weighted by atomic mass is 10.1. The molecule has 0 spiro atoms. The van der Waals surface area contributed by atoms with E-state index in [-0.39, 0.29) is 0 Å². The van der Waals surface area contributed by atoms with Crippen molar-refractivity contribution < 1.29 is 18.4 Å². The Labute approximate surface area is 132 Å². The first-order valence-electron chi connectivity index (χ1n) is 7.64. The van der Waals surface area contributed by atoms with E-state index in [9.17, 15) is 13.6 Å². The molecule has 2 rings (SSSR count). The van der Waals surface area contributed by atoms with Crippen LogP contribution in [0.4, 0.5) is 0 Å². The monoisotopic (exact) mass is 325 g/mol. The fourth-order valence-electron chi connectivity index (χ4n) is 2.32. The summed E-state index contributed by atoms with van der Waals surface area (Å²) in [5, 5.41) is 9.92. The van der Waals surface area contributed by atoms with E-state index in [0.29, 0.717) is 18.0 Å². The van der Waals surface area contributed by atoms with Gasteiger partial charge in [0.05, 0.1) is 4.90 Å². The van der Waals surface area contributed by atoms with Gasteiger partial charge in [-0.1, -0.05) is 6.42 Å². The van der Waals surface area contributed by atoms with Crippen LogP contribution >= 0.6 is 0 Å². The van der Waals surface area contributed by atoms with Crippen LogP contribution in [0.2, 0.25) is 0 Å². The first kappa shape index (κ1) is 17.0. The smallest absolute Gasteiger partial charge is 0.243 e. The Balaban J connectivity index is 2.21. The first-order chi connectivity index (χ1) is 10.2. The van der Waals surface area contributed by atoms with E-state index in [0.717, 1.165) is 29.6 Å². The number of piperidine rings is 1. The third kappa shape index (κ3) is 3.87. The van der Waals surface area contributed by atoms with Gasteiger partial charge >= 0.3 is 0 Å². The van der Waals surface area contributed by atoms with Gasteiger partial charge in [-0.15, -0.1) is 0 Å². The number of rotatable bonds is 3. The molecule has 6 heteroatoms. The number of hydroxylamine groups is 1. The number of benzene rings is 1. The molecule has 1 fully saturated rings. The van der Waals surface area contributed by atoms with Crippen molar-refractivity contribution in [1.29, 1.82) is 0 Å². The molecular formula is C16H25N2O3S+. The lowest BCUT2D eigenvalue weighted by Gasteiger charge is -2.25. The Kier molecular flexibility index (Phi) is 4.92. The summed E-state index contributed by atoms with van der Waals surface area (Å²) < 4.78 is 27.8. The lowest BCUT2D eigenvalue weighted by Crippen LogP contribution is -2.35. The summed E-state index contributed by atoms with van der Waals surface area (Å²) in [6.07, 6.45) is 4.54. The van der Waals surface area contributed by atoms with E-state index < -0.39 is 15.6 Å². The molecule has 0 atom stereocenters. The molecule has 0 saturated carbocycles. The van der Waals surface area contributed by atoms with E-state index in [1.54, 1.807) is 34.8 Å². The van der Waals surface area contributed by atoms with Gasteiger partial charge in [0.25, 0.3) is 0 Å². The van der Waals surface area contributed by atoms with Gasteiger partial charge in [0, 0.05) is 39.4 Å². The Hall–Kier alpha value is -1.40. The fourth-order valence-corrected chi connectivity index (χ4v) is 3.83. The quantitative estimate of drug-likeness (QED) is 0.402. The maximum absolute atomic E-state index is 12.5. The predicted octanol–water partition coefficient (Wildman–Crippen LogP) is 2.48. The summed E-state index contributed by atoms with van der Waals surface area (Å²) in [6.45, 7) is 6.87. The molecular weight excluding hydrogens is 300 g/mol. The number of hydrogen-bond donors (Lipinski definition) is 1. The molecule has 0 aromatic heterocycles. The summed E-state index contributed by atoms with van der Waals surface area (Å²) in [5.74, 6) is 0. The largest absolute Gasteiger partial charge is 0.290 e. The lowest BCUT2D eigenvalue weighted by molar-refractivity contribution is -0.816. The second-order valence-electron chi connectivity index (χ2n) is 6.68. The molecule has 1 aliphatic rings. The van der Waals surface area contributed by atoms with Crippen molar-refractivity contribution in [2.45, 2.75) is 50.5 Å². The second-order valence-corrected chi connectivity index (χ2v) is 8.62. The molecule has 1 aromatic carbocycles. The molecule has 122 valence electrons. The molecule has 1 aliphatic heterocycles. The molecule has 1 aromatic rings. The molecule has 0 bridgehead atoms. The Morgan fingerprint density at radius 2 is 1.64 bits per heavy atom. The van der Waals surface area contributed by atoms with Gasteiger partial charge in [-0.25, -0.2) is 8.42 Å². The Morgan fingerprint density at radius 1 is 1.09 bits per heavy atom. The first-order valence-corrected chi connectivity index (χ1v) is 9.08. The van der Waals surface area contributed by atoms with Crippen molar-refractivity contribution in [1.82, 2.24) is 4.31 Å². The van der Waals surface area contributed by atoms with Crippen LogP contribution in [0.5, 0.6) is 0 Å². The standard InChI is InChI=1S/C16H25N2O3S/c1-16(2,3)18(19)13-14-7-9-15(10-8-14)22(20,21)17-11-5-4-6-12-17/h7-10,13,19H,4-6,11-12H2,1-3H3/q+1/b18-13-. The van der Waals surface area contributed by atoms with E-state index in [1.165, 1.54) is 0 Å². The number of hydrogen-bond acceptors (Lipinski definition) is 3. The van der Waals surface area contributed by atoms with Crippen LogP contribution in [0.15, 0.2) is 29.2 Å². The van der Waals surface area contributed by atoms with Crippen molar-refractivity contribution in [3.8, 4) is 0 Å². The molecule has 5 nitrogen and oxygen atoms in total. The summed E-state index contributed by atoms with van der Waals surface area (Å²) in [4.78, 5) is 0.312. The molecule has 0 unspecified atom stereocenters. The minimum atomic E-state index is -3.39. The third-order valence-electron chi connectivity index (χ3n) is 3.79. The average molecular weight is 325 g/mol. The van der Waals surface area contributed by atoms with Crippen molar-refractivity contribution >= 4 is 16.2 Å². The average Bonchev–Trinajstić information content (AvgIpc) is 2.48. The van der Waals surface area contributed by atoms with Crippen LogP contribution in [-0.2, 0) is 10.0 Å². The third-order valence-corrected chi connectivity index (χ3v) is 5.70. The van der Waals surface area contributed by atoms with Crippen molar-refractivity contribution in [3.63, 3.8) is 0 Å². The van der Waals surface area contributed by atoms with Crippen LogP contribution in [0, 0.1) is 0 Å². The van der Waals surface area contributed by atoms with Crippen molar-refractivity contribution in [2.75, 3.05) is 13.1 Å². The van der Waals surface area contributed by atoms with Gasteiger partial charge in [0.2, 0.25) is 21.8 Å². The maximum atomic E-state index is 12.5. The van der Waals surface area contributed by atoms with E-state index in [1.807, 2.05) is 20.8 Å². The maximum Gasteiger partial charge on any atom is 0.243 e. The summed E-state index contributed by atoms with van der Waals surface area (Å²) in [7, 11) is -3.39. The van der Waals surface area contributed by atoms with Gasteiger partial charge in [-0.05, 0) is 41.8 Å². The molecule has 22 heavy (non-hydrogen) atoms. The summed E-state index contributed by atoms with van der Waals surface area (Å²) in [5.41, 5.74) is 0.355. The minimum absolute atomic E-state index is 0.312. The topological polar surface area (TPSA) is 60.6 Å². The predicted molar refractivity (Wildman–Crippen MR) is 86.0 cm³/mol. The number of sulfonamides is 1. The van der Waals surface area contributed by atoms with E-state index in [2.05, 4.69) is 0 Å². The Morgan fingerprint density at radius 3 is 2.14 bits per heavy atom. The second kappa shape index (κ2) is 6.38. The van der Waals surface area contributed by atoms with E-state index in [4.69, 9.17) is 0 Å². The van der Waals surface area contributed by atoms with Crippen LogP contribution in [0.3, 0.4) is 0 Å². The van der Waals surface area contributed by atoms with Crippen LogP contribution in [0.25, 0.3) is 0 Å². The van der Waals surface area contributed by atoms with Crippen LogP contribution in [-0.4, -0.2) is 47.5 Å². The van der Waals surface area contributed by atoms with Crippen LogP contribution < -0.4 is 0 Å². The van der Waals surface area contributed by atoms with Crippen LogP contribution in [0.1, 0.15) is 45.6 Å². The molecule has 1 saturated heterocycles. The normalized spacial score (nSPS) is 18.4.